The van der Waals surface area contributed by atoms with E-state index in [1.54, 1.807) is 0 Å². The fourth-order valence-electron chi connectivity index (χ4n) is 9.82. The zero-order valence-corrected chi connectivity index (χ0v) is 25.4. The minimum absolute atomic E-state index is 0.00113. The average molecular weight is 618 g/mol. The van der Waals surface area contributed by atoms with Gasteiger partial charge in [-0.2, -0.15) is 5.26 Å². The highest BCUT2D eigenvalue weighted by Gasteiger charge is 2.73. The zero-order chi connectivity index (χ0) is 27.6. The van der Waals surface area contributed by atoms with Gasteiger partial charge >= 0.3 is 5.97 Å². The quantitative estimate of drug-likeness (QED) is 0.257. The first-order valence-electron chi connectivity index (χ1n) is 13.7. The lowest BCUT2D eigenvalue weighted by Gasteiger charge is -2.70. The Balaban J connectivity index is 1.74. The number of hydrogen-bond donors (Lipinski definition) is 1. The number of carbonyl (C=O) groups is 3. The number of carboxylic acids is 1. The summed E-state index contributed by atoms with van der Waals surface area (Å²) < 4.78 is -0.476. The molecule has 3 fully saturated rings. The number of nitriles is 1. The average Bonchev–Trinajstić information content (AvgIpc) is 2.80. The third-order valence-corrected chi connectivity index (χ3v) is 15.5. The zero-order valence-electron chi connectivity index (χ0n) is 23.3. The first-order valence-corrected chi connectivity index (χ1v) is 14.8. The van der Waals surface area contributed by atoms with Gasteiger partial charge in [-0.15, -0.1) is 0 Å². The second kappa shape index (κ2) is 7.58. The maximum atomic E-state index is 14.3. The van der Waals surface area contributed by atoms with Gasteiger partial charge < -0.3 is 5.11 Å². The van der Waals surface area contributed by atoms with E-state index in [9.17, 15) is 24.8 Å². The maximum absolute atomic E-state index is 14.3. The highest BCUT2D eigenvalue weighted by atomic mass is 127. The molecule has 0 aromatic heterocycles. The van der Waals surface area contributed by atoms with Crippen LogP contribution in [-0.4, -0.2) is 26.1 Å². The summed E-state index contributed by atoms with van der Waals surface area (Å²) in [6, 6.07) is 2.16. The molecular weight excluding hydrogens is 577 g/mol. The number of Topliss-reactive ketones (excluding diaryl/α,β-unsaturated/α-hetero) is 1. The summed E-state index contributed by atoms with van der Waals surface area (Å²) in [5.74, 6) is -1.34. The highest BCUT2D eigenvalue weighted by molar-refractivity contribution is 14.1. The van der Waals surface area contributed by atoms with Gasteiger partial charge in [-0.25, -0.2) is 0 Å². The molecule has 0 radical (unpaired) electrons. The monoisotopic (exact) mass is 617 g/mol. The number of hydrogen-bond acceptors (Lipinski definition) is 4. The Morgan fingerprint density at radius 1 is 1.00 bits per heavy atom. The molecule has 6 heteroatoms. The van der Waals surface area contributed by atoms with Gasteiger partial charge in [0.25, 0.3) is 0 Å². The lowest BCUT2D eigenvalue weighted by Crippen LogP contribution is -2.69. The summed E-state index contributed by atoms with van der Waals surface area (Å²) in [5.41, 5.74) is -1.74. The minimum atomic E-state index is -0.838. The topological polar surface area (TPSA) is 95.2 Å². The van der Waals surface area contributed by atoms with Crippen LogP contribution in [0.4, 0.5) is 0 Å². The summed E-state index contributed by atoms with van der Waals surface area (Å²) in [6.07, 6.45) is 8.87. The Bertz CT molecular complexity index is 1240. The van der Waals surface area contributed by atoms with Crippen LogP contribution in [0.25, 0.3) is 0 Å². The third kappa shape index (κ3) is 2.99. The number of alkyl halides is 1. The molecule has 0 aromatic rings. The summed E-state index contributed by atoms with van der Waals surface area (Å²) in [7, 11) is 0. The van der Waals surface area contributed by atoms with Crippen LogP contribution in [0.1, 0.15) is 93.4 Å². The predicted octanol–water partition coefficient (Wildman–Crippen LogP) is 6.85. The normalized spacial score (nSPS) is 47.8. The second-order valence-electron chi connectivity index (χ2n) is 14.8. The maximum Gasteiger partial charge on any atom is 0.309 e. The van der Waals surface area contributed by atoms with Crippen LogP contribution in [0.15, 0.2) is 23.3 Å². The number of nitrogens with zero attached hydrogens (tertiary/aromatic N) is 1. The third-order valence-electron chi connectivity index (χ3n) is 12.5. The molecule has 0 aliphatic heterocycles. The Morgan fingerprint density at radius 3 is 2.22 bits per heavy atom. The van der Waals surface area contributed by atoms with E-state index in [1.165, 1.54) is 0 Å². The number of halogens is 1. The first kappa shape index (κ1) is 27.1. The van der Waals surface area contributed by atoms with E-state index in [1.807, 2.05) is 26.0 Å². The van der Waals surface area contributed by atoms with Gasteiger partial charge in [-0.05, 0) is 78.8 Å². The predicted molar refractivity (Wildman–Crippen MR) is 150 cm³/mol. The molecular formula is C31H40INO4. The van der Waals surface area contributed by atoms with Gasteiger partial charge in [-0.1, -0.05) is 77.1 Å². The van der Waals surface area contributed by atoms with Crippen LogP contribution in [0.2, 0.25) is 0 Å². The Labute approximate surface area is 234 Å². The van der Waals surface area contributed by atoms with E-state index in [0.717, 1.165) is 31.3 Å². The Hall–Kier alpha value is -1.49. The molecule has 3 saturated carbocycles. The molecule has 0 aromatic carbocycles. The van der Waals surface area contributed by atoms with Gasteiger partial charge in [0.15, 0.2) is 11.6 Å². The molecule has 5 aliphatic rings. The molecule has 0 bridgehead atoms. The molecule has 0 saturated heterocycles. The van der Waals surface area contributed by atoms with E-state index < -0.39 is 31.1 Å². The van der Waals surface area contributed by atoms with Crippen molar-refractivity contribution in [3.63, 3.8) is 0 Å². The van der Waals surface area contributed by atoms with Crippen molar-refractivity contribution in [3.8, 4) is 6.07 Å². The van der Waals surface area contributed by atoms with Gasteiger partial charge in [0.1, 0.15) is 6.07 Å². The van der Waals surface area contributed by atoms with Crippen LogP contribution < -0.4 is 0 Å². The summed E-state index contributed by atoms with van der Waals surface area (Å²) in [6.45, 7) is 15.0. The van der Waals surface area contributed by atoms with Gasteiger partial charge in [0.05, 0.1) is 11.0 Å². The Morgan fingerprint density at radius 2 is 1.62 bits per heavy atom. The van der Waals surface area contributed by atoms with E-state index in [4.69, 9.17) is 0 Å². The van der Waals surface area contributed by atoms with Gasteiger partial charge in [-0.3, -0.25) is 14.4 Å². The molecule has 0 spiro atoms. The number of ketones is 2. The van der Waals surface area contributed by atoms with Gasteiger partial charge in [0.2, 0.25) is 0 Å². The van der Waals surface area contributed by atoms with Crippen LogP contribution in [-0.2, 0) is 14.4 Å². The van der Waals surface area contributed by atoms with Crippen molar-refractivity contribution in [2.75, 3.05) is 0 Å². The van der Waals surface area contributed by atoms with Crippen molar-refractivity contribution in [2.45, 2.75) is 96.8 Å². The lowest BCUT2D eigenvalue weighted by molar-refractivity contribution is -0.187. The van der Waals surface area contributed by atoms with Crippen LogP contribution >= 0.6 is 22.6 Å². The van der Waals surface area contributed by atoms with Crippen LogP contribution in [0.5, 0.6) is 0 Å². The van der Waals surface area contributed by atoms with Crippen molar-refractivity contribution >= 4 is 40.1 Å². The number of rotatable bonds is 1. The van der Waals surface area contributed by atoms with Gasteiger partial charge in [0, 0.05) is 20.2 Å². The van der Waals surface area contributed by atoms with Crippen molar-refractivity contribution < 1.29 is 19.5 Å². The molecule has 7 atom stereocenters. The first-order chi connectivity index (χ1) is 16.9. The van der Waals surface area contributed by atoms with E-state index in [2.05, 4.69) is 63.3 Å². The number of aliphatic carboxylic acids is 1. The summed E-state index contributed by atoms with van der Waals surface area (Å²) in [4.78, 5) is 40.5. The summed E-state index contributed by atoms with van der Waals surface area (Å²) >= 11 is 2.46. The van der Waals surface area contributed by atoms with E-state index >= 15 is 0 Å². The number of allylic oxidation sites excluding steroid dienone is 4. The SMILES string of the molecule is CC1(C)CC[C@]2(C(=O)O)CC[C@]3(C)[C@H](C(=O)C=C4[C@@]5(C)C=C(C#N)C(=O)C(C)(C)[C@]5(I)CC[C@]43C)C2C1. The van der Waals surface area contributed by atoms with E-state index in [0.29, 0.717) is 19.3 Å². The largest absolute Gasteiger partial charge is 0.481 e. The fourth-order valence-corrected chi connectivity index (χ4v) is 10.8. The van der Waals surface area contributed by atoms with Crippen molar-refractivity contribution in [2.24, 2.45) is 44.3 Å². The van der Waals surface area contributed by atoms with Crippen molar-refractivity contribution in [1.29, 1.82) is 5.26 Å². The minimum Gasteiger partial charge on any atom is -0.481 e. The highest BCUT2D eigenvalue weighted by Crippen LogP contribution is 2.76. The smallest absolute Gasteiger partial charge is 0.309 e. The standard InChI is InChI=1S/C31H40INO4/c1-25(2)8-11-30(24(36)37)12-9-28(6)22(19(30)16-25)20(34)14-21-27(28,5)10-13-31(32)26(3,4)23(35)18(17-33)15-29(21,31)7/h14-15,19,22H,8-13,16H2,1-7H3,(H,36,37)/t19?,22-,27+,28+,29+,30-,31+/m0/s1. The fraction of sp³-hybridized carbons (Fsp3) is 0.742. The molecule has 5 nitrogen and oxygen atoms in total. The molecule has 5 aliphatic carbocycles. The molecule has 37 heavy (non-hydrogen) atoms. The second-order valence-corrected chi connectivity index (χ2v) is 16.6. The number of carbonyl (C=O) groups excluding carboxylic acids is 2. The number of fused-ring (bicyclic) bond motifs is 7. The molecule has 1 unspecified atom stereocenters. The number of carboxylic acid groups (broad SMARTS) is 1. The molecule has 5 rings (SSSR count). The molecule has 1 N–H and O–H groups in total. The molecule has 0 heterocycles. The molecule has 0 amide bonds. The summed E-state index contributed by atoms with van der Waals surface area (Å²) in [5, 5.41) is 20.4. The van der Waals surface area contributed by atoms with Crippen molar-refractivity contribution in [1.82, 2.24) is 0 Å². The van der Waals surface area contributed by atoms with E-state index in [-0.39, 0.29) is 39.8 Å². The van der Waals surface area contributed by atoms with Crippen LogP contribution in [0.3, 0.4) is 0 Å². The van der Waals surface area contributed by atoms with Crippen LogP contribution in [0, 0.1) is 55.7 Å². The lowest BCUT2D eigenvalue weighted by atomic mass is 9.34. The molecule has 200 valence electrons. The van der Waals surface area contributed by atoms with Crippen molar-refractivity contribution in [3.05, 3.63) is 23.3 Å². The Kier molecular flexibility index (Phi) is 5.55.